The van der Waals surface area contributed by atoms with Crippen LogP contribution in [0, 0.1) is 5.92 Å². The number of guanidine groups is 1. The van der Waals surface area contributed by atoms with Crippen LogP contribution in [-0.4, -0.2) is 57.4 Å². The molecule has 2 aliphatic rings. The van der Waals surface area contributed by atoms with Crippen molar-refractivity contribution in [2.45, 2.75) is 44.9 Å². The van der Waals surface area contributed by atoms with Crippen molar-refractivity contribution in [1.82, 2.24) is 10.2 Å². The first kappa shape index (κ1) is 23.3. The van der Waals surface area contributed by atoms with Gasteiger partial charge in [-0.05, 0) is 56.2 Å². The minimum absolute atomic E-state index is 0. The summed E-state index contributed by atoms with van der Waals surface area (Å²) in [5.74, 6) is 2.80. The largest absolute Gasteiger partial charge is 0.494 e. The van der Waals surface area contributed by atoms with Crippen molar-refractivity contribution in [3.63, 3.8) is 0 Å². The number of rotatable bonds is 5. The lowest BCUT2D eigenvalue weighted by molar-refractivity contribution is 0.0511. The van der Waals surface area contributed by atoms with Crippen LogP contribution in [0.2, 0.25) is 0 Å². The van der Waals surface area contributed by atoms with Gasteiger partial charge in [0.2, 0.25) is 0 Å². The van der Waals surface area contributed by atoms with Crippen LogP contribution in [-0.2, 0) is 10.2 Å². The van der Waals surface area contributed by atoms with E-state index >= 15 is 0 Å². The SMILES string of the molecule is CCOc1ccc(C2(CNC(=NC)N3CCC(C)CC3)CCOCC2)cc1.I. The molecule has 2 aliphatic heterocycles. The van der Waals surface area contributed by atoms with Crippen molar-refractivity contribution in [2.24, 2.45) is 10.9 Å². The Morgan fingerprint density at radius 1 is 1.21 bits per heavy atom. The minimum atomic E-state index is 0. The zero-order valence-electron chi connectivity index (χ0n) is 17.6. The molecule has 3 rings (SSSR count). The number of piperidine rings is 1. The van der Waals surface area contributed by atoms with Crippen molar-refractivity contribution < 1.29 is 9.47 Å². The van der Waals surface area contributed by atoms with Gasteiger partial charge in [0, 0.05) is 45.3 Å². The average Bonchev–Trinajstić information content (AvgIpc) is 2.71. The molecule has 0 spiro atoms. The van der Waals surface area contributed by atoms with E-state index < -0.39 is 0 Å². The molecule has 1 aromatic rings. The maximum Gasteiger partial charge on any atom is 0.193 e. The summed E-state index contributed by atoms with van der Waals surface area (Å²) in [7, 11) is 1.90. The minimum Gasteiger partial charge on any atom is -0.494 e. The topological polar surface area (TPSA) is 46.1 Å². The lowest BCUT2D eigenvalue weighted by Gasteiger charge is -2.40. The zero-order chi connectivity index (χ0) is 19.1. The van der Waals surface area contributed by atoms with Crippen LogP contribution in [0.1, 0.15) is 45.1 Å². The maximum atomic E-state index is 5.68. The van der Waals surface area contributed by atoms with E-state index in [1.807, 2.05) is 14.0 Å². The Labute approximate surface area is 187 Å². The molecule has 0 atom stereocenters. The third kappa shape index (κ3) is 5.75. The zero-order valence-corrected chi connectivity index (χ0v) is 19.9. The van der Waals surface area contributed by atoms with Crippen molar-refractivity contribution in [2.75, 3.05) is 46.5 Å². The highest BCUT2D eigenvalue weighted by Gasteiger charge is 2.35. The van der Waals surface area contributed by atoms with Gasteiger partial charge in [-0.3, -0.25) is 4.99 Å². The molecular formula is C22H36IN3O2. The highest BCUT2D eigenvalue weighted by atomic mass is 127. The summed E-state index contributed by atoms with van der Waals surface area (Å²) in [6.45, 7) is 9.78. The molecule has 5 nitrogen and oxygen atoms in total. The van der Waals surface area contributed by atoms with Gasteiger partial charge in [-0.1, -0.05) is 19.1 Å². The number of benzene rings is 1. The summed E-state index contributed by atoms with van der Waals surface area (Å²) in [6, 6.07) is 8.64. The fraction of sp³-hybridized carbons (Fsp3) is 0.682. The monoisotopic (exact) mass is 501 g/mol. The Morgan fingerprint density at radius 2 is 1.86 bits per heavy atom. The van der Waals surface area contributed by atoms with Gasteiger partial charge >= 0.3 is 0 Å². The number of ether oxygens (including phenoxy) is 2. The summed E-state index contributed by atoms with van der Waals surface area (Å²) in [5, 5.41) is 3.69. The fourth-order valence-electron chi connectivity index (χ4n) is 4.20. The van der Waals surface area contributed by atoms with Crippen LogP contribution < -0.4 is 10.1 Å². The van der Waals surface area contributed by atoms with Crippen LogP contribution in [0.25, 0.3) is 0 Å². The quantitative estimate of drug-likeness (QED) is 0.376. The standard InChI is InChI=1S/C22H35N3O2.HI/c1-4-27-20-7-5-19(6-8-20)22(11-15-26-16-12-22)17-24-21(23-3)25-13-9-18(2)10-14-25;/h5-8,18H,4,9-17H2,1-3H3,(H,23,24);1H. The molecule has 0 saturated carbocycles. The van der Waals surface area contributed by atoms with E-state index in [4.69, 9.17) is 9.47 Å². The molecule has 0 radical (unpaired) electrons. The average molecular weight is 501 g/mol. The highest BCUT2D eigenvalue weighted by molar-refractivity contribution is 14.0. The second-order valence-electron chi connectivity index (χ2n) is 7.92. The Morgan fingerprint density at radius 3 is 2.43 bits per heavy atom. The molecule has 158 valence electrons. The summed E-state index contributed by atoms with van der Waals surface area (Å²) in [5.41, 5.74) is 1.45. The molecule has 0 unspecified atom stereocenters. The second-order valence-corrected chi connectivity index (χ2v) is 7.92. The van der Waals surface area contributed by atoms with Crippen LogP contribution in [0.4, 0.5) is 0 Å². The molecule has 1 aromatic carbocycles. The van der Waals surface area contributed by atoms with Gasteiger partial charge in [0.25, 0.3) is 0 Å². The second kappa shape index (κ2) is 11.2. The number of nitrogens with one attached hydrogen (secondary N) is 1. The van der Waals surface area contributed by atoms with Crippen molar-refractivity contribution in [3.8, 4) is 5.75 Å². The van der Waals surface area contributed by atoms with Gasteiger partial charge in [0.15, 0.2) is 5.96 Å². The summed E-state index contributed by atoms with van der Waals surface area (Å²) in [6.07, 6.45) is 4.56. The van der Waals surface area contributed by atoms with E-state index in [9.17, 15) is 0 Å². The van der Waals surface area contributed by atoms with E-state index in [2.05, 4.69) is 46.4 Å². The molecule has 0 amide bonds. The Kier molecular flexibility index (Phi) is 9.34. The summed E-state index contributed by atoms with van der Waals surface area (Å²) >= 11 is 0. The molecule has 2 fully saturated rings. The van der Waals surface area contributed by atoms with Crippen LogP contribution in [0.5, 0.6) is 5.75 Å². The number of halogens is 1. The van der Waals surface area contributed by atoms with E-state index in [1.165, 1.54) is 18.4 Å². The van der Waals surface area contributed by atoms with E-state index in [0.29, 0.717) is 6.61 Å². The van der Waals surface area contributed by atoms with E-state index in [-0.39, 0.29) is 29.4 Å². The molecular weight excluding hydrogens is 465 g/mol. The summed E-state index contributed by atoms with van der Waals surface area (Å²) in [4.78, 5) is 6.97. The molecule has 28 heavy (non-hydrogen) atoms. The third-order valence-electron chi connectivity index (χ3n) is 6.11. The number of hydrogen-bond acceptors (Lipinski definition) is 3. The lowest BCUT2D eigenvalue weighted by Crippen LogP contribution is -2.51. The van der Waals surface area contributed by atoms with E-state index in [1.54, 1.807) is 0 Å². The van der Waals surface area contributed by atoms with E-state index in [0.717, 1.165) is 63.3 Å². The van der Waals surface area contributed by atoms with Gasteiger partial charge in [-0.25, -0.2) is 0 Å². The van der Waals surface area contributed by atoms with Crippen molar-refractivity contribution in [3.05, 3.63) is 29.8 Å². The molecule has 2 saturated heterocycles. The predicted molar refractivity (Wildman–Crippen MR) is 126 cm³/mol. The van der Waals surface area contributed by atoms with Crippen molar-refractivity contribution >= 4 is 29.9 Å². The smallest absolute Gasteiger partial charge is 0.193 e. The maximum absolute atomic E-state index is 5.68. The van der Waals surface area contributed by atoms with Gasteiger partial charge in [0.1, 0.15) is 5.75 Å². The van der Waals surface area contributed by atoms with Gasteiger partial charge in [0.05, 0.1) is 6.61 Å². The molecule has 1 N–H and O–H groups in total. The molecule has 0 bridgehead atoms. The summed E-state index contributed by atoms with van der Waals surface area (Å²) < 4.78 is 11.3. The number of likely N-dealkylation sites (tertiary alicyclic amines) is 1. The molecule has 2 heterocycles. The first-order valence-electron chi connectivity index (χ1n) is 10.4. The Hall–Kier alpha value is -1.02. The van der Waals surface area contributed by atoms with Gasteiger partial charge in [-0.15, -0.1) is 24.0 Å². The normalized spacial score (nSPS) is 20.4. The Balaban J connectivity index is 0.00000280. The van der Waals surface area contributed by atoms with Gasteiger partial charge < -0.3 is 19.7 Å². The number of hydrogen-bond donors (Lipinski definition) is 1. The highest BCUT2D eigenvalue weighted by Crippen LogP contribution is 2.35. The third-order valence-corrected chi connectivity index (χ3v) is 6.11. The van der Waals surface area contributed by atoms with Crippen LogP contribution in [0.3, 0.4) is 0 Å². The van der Waals surface area contributed by atoms with Crippen LogP contribution >= 0.6 is 24.0 Å². The number of nitrogens with zero attached hydrogens (tertiary/aromatic N) is 2. The fourth-order valence-corrected chi connectivity index (χ4v) is 4.20. The Bertz CT molecular complexity index is 607. The van der Waals surface area contributed by atoms with Crippen LogP contribution in [0.15, 0.2) is 29.3 Å². The van der Waals surface area contributed by atoms with Gasteiger partial charge in [-0.2, -0.15) is 0 Å². The molecule has 0 aliphatic carbocycles. The lowest BCUT2D eigenvalue weighted by atomic mass is 9.74. The number of aliphatic imine (C=N–C) groups is 1. The first-order valence-corrected chi connectivity index (χ1v) is 10.4. The predicted octanol–water partition coefficient (Wildman–Crippen LogP) is 4.06. The van der Waals surface area contributed by atoms with Crippen molar-refractivity contribution in [1.29, 1.82) is 0 Å². The first-order chi connectivity index (χ1) is 13.2. The molecule has 0 aromatic heterocycles. The molecule has 6 heteroatoms.